The minimum atomic E-state index is -0.418. The molecule has 0 bridgehead atoms. The van der Waals surface area contributed by atoms with Gasteiger partial charge in [-0.2, -0.15) is 11.8 Å². The van der Waals surface area contributed by atoms with Crippen LogP contribution in [0.5, 0.6) is 0 Å². The third kappa shape index (κ3) is 4.78. The Labute approximate surface area is 110 Å². The van der Waals surface area contributed by atoms with Gasteiger partial charge in [0.2, 0.25) is 5.91 Å². The molecule has 3 N–H and O–H groups in total. The van der Waals surface area contributed by atoms with Gasteiger partial charge < -0.3 is 11.1 Å². The molecule has 0 aromatic heterocycles. The van der Waals surface area contributed by atoms with Crippen LogP contribution in [0.4, 0.5) is 10.1 Å². The fraction of sp³-hybridized carbons (Fsp3) is 0.308. The van der Waals surface area contributed by atoms with Gasteiger partial charge in [0.25, 0.3) is 0 Å². The summed E-state index contributed by atoms with van der Waals surface area (Å²) >= 11 is 1.60. The molecular weight excluding hydrogens is 251 g/mol. The maximum atomic E-state index is 13.4. The Balaban J connectivity index is 2.75. The van der Waals surface area contributed by atoms with Crippen molar-refractivity contribution in [3.8, 4) is 11.8 Å². The van der Waals surface area contributed by atoms with E-state index in [4.69, 9.17) is 5.73 Å². The van der Waals surface area contributed by atoms with Crippen LogP contribution in [0.1, 0.15) is 12.0 Å². The fourth-order valence-electron chi connectivity index (χ4n) is 1.26. The molecule has 0 saturated heterocycles. The number of amides is 1. The Morgan fingerprint density at radius 3 is 3.00 bits per heavy atom. The van der Waals surface area contributed by atoms with Crippen molar-refractivity contribution in [3.05, 3.63) is 29.6 Å². The SMILES string of the molecule is CSCCC(=O)Nc1ccc(F)c(C#CCN)c1. The third-order valence-corrected chi connectivity index (χ3v) is 2.72. The second-order valence-electron chi connectivity index (χ2n) is 3.49. The molecule has 0 atom stereocenters. The van der Waals surface area contributed by atoms with Gasteiger partial charge >= 0.3 is 0 Å². The highest BCUT2D eigenvalue weighted by molar-refractivity contribution is 7.98. The first-order chi connectivity index (χ1) is 8.67. The molecule has 0 aliphatic carbocycles. The lowest BCUT2D eigenvalue weighted by atomic mass is 10.2. The van der Waals surface area contributed by atoms with Gasteiger partial charge in [-0.15, -0.1) is 0 Å². The standard InChI is InChI=1S/C13H15FN2OS/c1-18-8-6-13(17)16-11-4-5-12(14)10(9-11)3-2-7-15/h4-5,9H,6-8,15H2,1H3,(H,16,17). The molecule has 1 rings (SSSR count). The van der Waals surface area contributed by atoms with E-state index >= 15 is 0 Å². The summed E-state index contributed by atoms with van der Waals surface area (Å²) < 4.78 is 13.4. The van der Waals surface area contributed by atoms with Gasteiger partial charge in [0.15, 0.2) is 0 Å². The minimum Gasteiger partial charge on any atom is -0.326 e. The first kappa shape index (κ1) is 14.6. The molecule has 1 aromatic rings. The minimum absolute atomic E-state index is 0.0892. The normalized spacial score (nSPS) is 9.50. The molecule has 0 saturated carbocycles. The number of halogens is 1. The van der Waals surface area contributed by atoms with E-state index in [0.29, 0.717) is 12.1 Å². The summed E-state index contributed by atoms with van der Waals surface area (Å²) in [5.74, 6) is 5.46. The van der Waals surface area contributed by atoms with Crippen LogP contribution >= 0.6 is 11.8 Å². The molecule has 0 radical (unpaired) electrons. The summed E-state index contributed by atoms with van der Waals surface area (Å²) in [6.07, 6.45) is 2.37. The Kier molecular flexibility index (Phi) is 6.26. The molecule has 3 nitrogen and oxygen atoms in total. The van der Waals surface area contributed by atoms with E-state index in [1.807, 2.05) is 6.26 Å². The Hall–Kier alpha value is -1.51. The number of nitrogens with one attached hydrogen (secondary N) is 1. The second kappa shape index (κ2) is 7.75. The molecule has 1 amide bonds. The van der Waals surface area contributed by atoms with Crippen molar-refractivity contribution in [1.29, 1.82) is 0 Å². The summed E-state index contributed by atoms with van der Waals surface area (Å²) in [6.45, 7) is 0.170. The number of rotatable bonds is 4. The van der Waals surface area contributed by atoms with Crippen molar-refractivity contribution >= 4 is 23.4 Å². The molecule has 96 valence electrons. The lowest BCUT2D eigenvalue weighted by Gasteiger charge is -2.05. The van der Waals surface area contributed by atoms with Crippen LogP contribution in [0.15, 0.2) is 18.2 Å². The number of benzene rings is 1. The van der Waals surface area contributed by atoms with E-state index in [2.05, 4.69) is 17.2 Å². The predicted octanol–water partition coefficient (Wildman–Crippen LogP) is 1.83. The topological polar surface area (TPSA) is 55.1 Å². The molecule has 0 fully saturated rings. The molecule has 0 spiro atoms. The van der Waals surface area contributed by atoms with E-state index in [1.54, 1.807) is 11.8 Å². The third-order valence-electron chi connectivity index (χ3n) is 2.11. The molecule has 18 heavy (non-hydrogen) atoms. The monoisotopic (exact) mass is 266 g/mol. The molecule has 0 aliphatic rings. The Bertz CT molecular complexity index is 480. The van der Waals surface area contributed by atoms with Crippen LogP contribution < -0.4 is 11.1 Å². The van der Waals surface area contributed by atoms with E-state index in [1.165, 1.54) is 18.2 Å². The van der Waals surface area contributed by atoms with Gasteiger partial charge in [-0.3, -0.25) is 4.79 Å². The van der Waals surface area contributed by atoms with Crippen LogP contribution in [0, 0.1) is 17.7 Å². The molecule has 0 aliphatic heterocycles. The number of hydrogen-bond acceptors (Lipinski definition) is 3. The lowest BCUT2D eigenvalue weighted by molar-refractivity contribution is -0.115. The maximum absolute atomic E-state index is 13.4. The zero-order chi connectivity index (χ0) is 13.4. The lowest BCUT2D eigenvalue weighted by Crippen LogP contribution is -2.12. The number of carbonyl (C=O) groups is 1. The predicted molar refractivity (Wildman–Crippen MR) is 74.0 cm³/mol. The van der Waals surface area contributed by atoms with E-state index in [0.717, 1.165) is 5.75 Å². The zero-order valence-electron chi connectivity index (χ0n) is 10.1. The highest BCUT2D eigenvalue weighted by atomic mass is 32.2. The summed E-state index contributed by atoms with van der Waals surface area (Å²) in [6, 6.07) is 4.31. The van der Waals surface area contributed by atoms with Gasteiger partial charge in [-0.1, -0.05) is 11.8 Å². The first-order valence-corrected chi connectivity index (χ1v) is 6.84. The average molecular weight is 266 g/mol. The number of nitrogens with two attached hydrogens (primary N) is 1. The van der Waals surface area contributed by atoms with Gasteiger partial charge in [0, 0.05) is 17.9 Å². The van der Waals surface area contributed by atoms with Gasteiger partial charge in [0.05, 0.1) is 12.1 Å². The van der Waals surface area contributed by atoms with Crippen LogP contribution in [0.25, 0.3) is 0 Å². The molecule has 1 aromatic carbocycles. The van der Waals surface area contributed by atoms with Crippen LogP contribution in [0.2, 0.25) is 0 Å². The molecular formula is C13H15FN2OS. The summed E-state index contributed by atoms with van der Waals surface area (Å²) in [5.41, 5.74) is 6.02. The van der Waals surface area contributed by atoms with Crippen molar-refractivity contribution in [3.63, 3.8) is 0 Å². The number of carbonyl (C=O) groups excluding carboxylic acids is 1. The quantitative estimate of drug-likeness (QED) is 0.817. The molecule has 0 unspecified atom stereocenters. The molecule has 5 heteroatoms. The van der Waals surface area contributed by atoms with Crippen molar-refractivity contribution < 1.29 is 9.18 Å². The average Bonchev–Trinajstić information content (AvgIpc) is 2.37. The molecule has 0 heterocycles. The number of hydrogen-bond donors (Lipinski definition) is 2. The van der Waals surface area contributed by atoms with E-state index < -0.39 is 5.82 Å². The van der Waals surface area contributed by atoms with Gasteiger partial charge in [-0.25, -0.2) is 4.39 Å². The maximum Gasteiger partial charge on any atom is 0.225 e. The van der Waals surface area contributed by atoms with Crippen LogP contribution in [-0.4, -0.2) is 24.5 Å². The largest absolute Gasteiger partial charge is 0.326 e. The highest BCUT2D eigenvalue weighted by Crippen LogP contribution is 2.14. The van der Waals surface area contributed by atoms with E-state index in [9.17, 15) is 9.18 Å². The zero-order valence-corrected chi connectivity index (χ0v) is 10.9. The Morgan fingerprint density at radius 1 is 1.56 bits per heavy atom. The van der Waals surface area contributed by atoms with Crippen molar-refractivity contribution in [2.24, 2.45) is 5.73 Å². The summed E-state index contributed by atoms with van der Waals surface area (Å²) in [4.78, 5) is 11.5. The van der Waals surface area contributed by atoms with Crippen molar-refractivity contribution in [2.45, 2.75) is 6.42 Å². The number of thioether (sulfide) groups is 1. The fourth-order valence-corrected chi connectivity index (χ4v) is 1.65. The van der Waals surface area contributed by atoms with Gasteiger partial charge in [0.1, 0.15) is 5.82 Å². The van der Waals surface area contributed by atoms with E-state index in [-0.39, 0.29) is 18.0 Å². The second-order valence-corrected chi connectivity index (χ2v) is 4.48. The van der Waals surface area contributed by atoms with Crippen LogP contribution in [0.3, 0.4) is 0 Å². The van der Waals surface area contributed by atoms with Crippen LogP contribution in [-0.2, 0) is 4.79 Å². The highest BCUT2D eigenvalue weighted by Gasteiger charge is 2.05. The van der Waals surface area contributed by atoms with Gasteiger partial charge in [-0.05, 0) is 24.5 Å². The smallest absolute Gasteiger partial charge is 0.225 e. The van der Waals surface area contributed by atoms with Crippen molar-refractivity contribution in [1.82, 2.24) is 0 Å². The Morgan fingerprint density at radius 2 is 2.33 bits per heavy atom. The summed E-state index contributed by atoms with van der Waals surface area (Å²) in [5, 5.41) is 2.70. The van der Waals surface area contributed by atoms with Crippen molar-refractivity contribution in [2.75, 3.05) is 23.9 Å². The first-order valence-electron chi connectivity index (χ1n) is 5.44. The summed E-state index contributed by atoms with van der Waals surface area (Å²) in [7, 11) is 0. The number of anilines is 1.